The molecule has 1 heterocycles. The van der Waals surface area contributed by atoms with Crippen LogP contribution in [0.2, 0.25) is 0 Å². The largest absolute Gasteiger partial charge is 0.444 e. The van der Waals surface area contributed by atoms with Gasteiger partial charge in [-0.15, -0.1) is 11.6 Å². The van der Waals surface area contributed by atoms with Crippen LogP contribution in [-0.4, -0.2) is 39.4 Å². The SMILES string of the molecule is CC(C)(C)OC(=O)N1CC(CCl)C(CC(Cl)(Cl)Cl)C1. The van der Waals surface area contributed by atoms with Gasteiger partial charge in [0.15, 0.2) is 3.79 Å². The summed E-state index contributed by atoms with van der Waals surface area (Å²) in [5, 5.41) is 0. The number of rotatable bonds is 2. The molecule has 1 aliphatic heterocycles. The molecule has 0 aromatic rings. The van der Waals surface area contributed by atoms with Gasteiger partial charge in [0.1, 0.15) is 5.60 Å². The summed E-state index contributed by atoms with van der Waals surface area (Å²) in [5.41, 5.74) is -0.513. The standard InChI is InChI=1S/C12H19Cl4NO2/c1-11(2,3)19-10(18)17-6-8(4-12(14,15)16)9(5-13)7-17/h8-9H,4-7H2,1-3H3. The minimum atomic E-state index is -1.32. The molecule has 1 aliphatic rings. The first-order valence-electron chi connectivity index (χ1n) is 6.12. The van der Waals surface area contributed by atoms with Gasteiger partial charge in [-0.25, -0.2) is 4.79 Å². The van der Waals surface area contributed by atoms with Crippen LogP contribution in [0, 0.1) is 11.8 Å². The van der Waals surface area contributed by atoms with Gasteiger partial charge < -0.3 is 9.64 Å². The Hall–Kier alpha value is 0.430. The highest BCUT2D eigenvalue weighted by molar-refractivity contribution is 6.67. The molecule has 0 aliphatic carbocycles. The molecular weight excluding hydrogens is 332 g/mol. The predicted octanol–water partition coefficient (Wildman–Crippen LogP) is 4.47. The number of carbonyl (C=O) groups excluding carboxylic acids is 1. The number of alkyl halides is 4. The van der Waals surface area contributed by atoms with Gasteiger partial charge in [-0.1, -0.05) is 34.8 Å². The van der Waals surface area contributed by atoms with Crippen LogP contribution in [0.25, 0.3) is 0 Å². The van der Waals surface area contributed by atoms with Gasteiger partial charge >= 0.3 is 6.09 Å². The van der Waals surface area contributed by atoms with Crippen LogP contribution in [0.4, 0.5) is 4.79 Å². The summed E-state index contributed by atoms with van der Waals surface area (Å²) in [5.74, 6) is 0.646. The second-order valence-electron chi connectivity index (χ2n) is 5.88. The lowest BCUT2D eigenvalue weighted by atomic mass is 9.95. The van der Waals surface area contributed by atoms with Crippen molar-refractivity contribution in [2.45, 2.75) is 36.6 Å². The predicted molar refractivity (Wildman–Crippen MR) is 80.4 cm³/mol. The Kier molecular flexibility index (Phi) is 5.95. The summed E-state index contributed by atoms with van der Waals surface area (Å²) in [6.45, 7) is 6.56. The quantitative estimate of drug-likeness (QED) is 0.687. The maximum Gasteiger partial charge on any atom is 0.410 e. The number of likely N-dealkylation sites (tertiary alicyclic amines) is 1. The highest BCUT2D eigenvalue weighted by Gasteiger charge is 2.40. The lowest BCUT2D eigenvalue weighted by molar-refractivity contribution is 0.0284. The molecule has 2 unspecified atom stereocenters. The zero-order valence-corrected chi connectivity index (χ0v) is 14.3. The molecule has 0 aromatic heterocycles. The maximum atomic E-state index is 12.0. The second-order valence-corrected chi connectivity index (χ2v) is 8.70. The van der Waals surface area contributed by atoms with E-state index in [1.807, 2.05) is 20.8 Å². The zero-order chi connectivity index (χ0) is 14.8. The van der Waals surface area contributed by atoms with Crippen molar-refractivity contribution in [3.05, 3.63) is 0 Å². The van der Waals surface area contributed by atoms with Gasteiger partial charge in [0.2, 0.25) is 0 Å². The summed E-state index contributed by atoms with van der Waals surface area (Å²) in [7, 11) is 0. The Morgan fingerprint density at radius 2 is 1.74 bits per heavy atom. The van der Waals surface area contributed by atoms with Crippen LogP contribution in [-0.2, 0) is 4.74 Å². The average molecular weight is 351 g/mol. The molecule has 1 rings (SSSR count). The third-order valence-corrected chi connectivity index (χ3v) is 3.78. The Morgan fingerprint density at radius 3 is 2.16 bits per heavy atom. The number of hydrogen-bond donors (Lipinski definition) is 0. The van der Waals surface area contributed by atoms with E-state index in [2.05, 4.69) is 0 Å². The molecular formula is C12H19Cl4NO2. The van der Waals surface area contributed by atoms with Crippen molar-refractivity contribution in [1.29, 1.82) is 0 Å². The van der Waals surface area contributed by atoms with Crippen molar-refractivity contribution in [2.75, 3.05) is 19.0 Å². The normalized spacial score (nSPS) is 24.7. The molecule has 7 heteroatoms. The van der Waals surface area contributed by atoms with Crippen LogP contribution in [0.5, 0.6) is 0 Å². The van der Waals surface area contributed by atoms with E-state index in [-0.39, 0.29) is 17.9 Å². The summed E-state index contributed by atoms with van der Waals surface area (Å²) >= 11 is 23.4. The van der Waals surface area contributed by atoms with Crippen LogP contribution >= 0.6 is 46.4 Å². The Bertz CT molecular complexity index is 325. The fourth-order valence-corrected chi connectivity index (χ4v) is 3.06. The molecule has 0 saturated carbocycles. The number of hydrogen-bond acceptors (Lipinski definition) is 2. The molecule has 0 bridgehead atoms. The van der Waals surface area contributed by atoms with E-state index in [1.165, 1.54) is 0 Å². The third-order valence-electron chi connectivity index (χ3n) is 2.92. The van der Waals surface area contributed by atoms with Gasteiger partial charge in [0, 0.05) is 19.0 Å². The first-order chi connectivity index (χ1) is 8.52. The first kappa shape index (κ1) is 17.5. The monoisotopic (exact) mass is 349 g/mol. The maximum absolute atomic E-state index is 12.0. The highest BCUT2D eigenvalue weighted by Crippen LogP contribution is 2.39. The van der Waals surface area contributed by atoms with Gasteiger partial charge in [-0.2, -0.15) is 0 Å². The summed E-state index contributed by atoms with van der Waals surface area (Å²) < 4.78 is 4.02. The smallest absolute Gasteiger partial charge is 0.410 e. The number of halogens is 4. The van der Waals surface area contributed by atoms with Crippen LogP contribution in [0.1, 0.15) is 27.2 Å². The van der Waals surface area contributed by atoms with E-state index in [9.17, 15) is 4.79 Å². The van der Waals surface area contributed by atoms with Crippen molar-refractivity contribution >= 4 is 52.5 Å². The summed E-state index contributed by atoms with van der Waals surface area (Å²) in [4.78, 5) is 13.6. The van der Waals surface area contributed by atoms with Gasteiger partial charge in [-0.3, -0.25) is 0 Å². The van der Waals surface area contributed by atoms with E-state index in [1.54, 1.807) is 4.90 Å². The van der Waals surface area contributed by atoms with Crippen LogP contribution < -0.4 is 0 Å². The third kappa shape index (κ3) is 6.16. The molecule has 0 radical (unpaired) electrons. The number of carbonyl (C=O) groups is 1. The summed E-state index contributed by atoms with van der Waals surface area (Å²) in [6.07, 6.45) is 0.0448. The molecule has 0 spiro atoms. The van der Waals surface area contributed by atoms with Crippen molar-refractivity contribution < 1.29 is 9.53 Å². The van der Waals surface area contributed by atoms with E-state index in [0.717, 1.165) is 0 Å². The Morgan fingerprint density at radius 1 is 1.21 bits per heavy atom. The number of nitrogens with zero attached hydrogens (tertiary/aromatic N) is 1. The van der Waals surface area contributed by atoms with E-state index < -0.39 is 9.39 Å². The topological polar surface area (TPSA) is 29.5 Å². The van der Waals surface area contributed by atoms with Gasteiger partial charge in [0.25, 0.3) is 0 Å². The molecule has 0 aromatic carbocycles. The molecule has 3 nitrogen and oxygen atoms in total. The minimum absolute atomic E-state index is 0.0810. The average Bonchev–Trinajstić information content (AvgIpc) is 2.55. The van der Waals surface area contributed by atoms with Crippen LogP contribution in [0.15, 0.2) is 0 Å². The molecule has 0 N–H and O–H groups in total. The highest BCUT2D eigenvalue weighted by atomic mass is 35.6. The molecule has 1 amide bonds. The van der Waals surface area contributed by atoms with Gasteiger partial charge in [-0.05, 0) is 39.0 Å². The zero-order valence-electron chi connectivity index (χ0n) is 11.3. The summed E-state index contributed by atoms with van der Waals surface area (Å²) in [6, 6.07) is 0. The van der Waals surface area contributed by atoms with E-state index in [0.29, 0.717) is 25.4 Å². The molecule has 2 atom stereocenters. The lowest BCUT2D eigenvalue weighted by Gasteiger charge is -2.24. The Balaban J connectivity index is 2.63. The minimum Gasteiger partial charge on any atom is -0.444 e. The second kappa shape index (κ2) is 6.46. The molecule has 19 heavy (non-hydrogen) atoms. The van der Waals surface area contributed by atoms with E-state index in [4.69, 9.17) is 51.1 Å². The van der Waals surface area contributed by atoms with Crippen molar-refractivity contribution in [3.63, 3.8) is 0 Å². The van der Waals surface area contributed by atoms with Gasteiger partial charge in [0.05, 0.1) is 0 Å². The lowest BCUT2D eigenvalue weighted by Crippen LogP contribution is -2.35. The first-order valence-corrected chi connectivity index (χ1v) is 7.79. The van der Waals surface area contributed by atoms with E-state index >= 15 is 0 Å². The van der Waals surface area contributed by atoms with Crippen molar-refractivity contribution in [1.82, 2.24) is 4.90 Å². The van der Waals surface area contributed by atoms with Crippen molar-refractivity contribution in [2.24, 2.45) is 11.8 Å². The fourth-order valence-electron chi connectivity index (χ4n) is 2.12. The number of ether oxygens (including phenoxy) is 1. The Labute approximate surface area is 134 Å². The van der Waals surface area contributed by atoms with Crippen molar-refractivity contribution in [3.8, 4) is 0 Å². The molecule has 112 valence electrons. The van der Waals surface area contributed by atoms with Crippen LogP contribution in [0.3, 0.4) is 0 Å². The number of amides is 1. The fraction of sp³-hybridized carbons (Fsp3) is 0.917. The molecule has 1 fully saturated rings. The molecule has 1 saturated heterocycles.